The van der Waals surface area contributed by atoms with Gasteiger partial charge in [-0.25, -0.2) is 4.39 Å². The summed E-state index contributed by atoms with van der Waals surface area (Å²) in [4.78, 5) is 14.8. The molecular weight excluding hydrogens is 445 g/mol. The van der Waals surface area contributed by atoms with E-state index in [4.69, 9.17) is 4.42 Å². The number of phenolic OH excluding ortho intramolecular Hbond substituents is 2. The number of hydrogen-bond donors (Lipinski definition) is 3. The van der Waals surface area contributed by atoms with Gasteiger partial charge in [-0.2, -0.15) is 0 Å². The number of hydrogen-bond acceptors (Lipinski definition) is 6. The molecule has 2 aromatic carbocycles. The number of rotatable bonds is 3. The first kappa shape index (κ1) is 19.9. The van der Waals surface area contributed by atoms with Gasteiger partial charge < -0.3 is 24.6 Å². The summed E-state index contributed by atoms with van der Waals surface area (Å²) in [6.07, 6.45) is 0.642. The molecule has 1 aliphatic heterocycles. The van der Waals surface area contributed by atoms with Crippen molar-refractivity contribution < 1.29 is 24.1 Å². The molecule has 152 valence electrons. The molecule has 6 nitrogen and oxygen atoms in total. The third-order valence-electron chi connectivity index (χ3n) is 5.58. The number of halogens is 2. The number of aliphatic hydroxyl groups is 1. The van der Waals surface area contributed by atoms with E-state index >= 15 is 0 Å². The van der Waals surface area contributed by atoms with Crippen LogP contribution in [-0.2, 0) is 0 Å². The number of phenols is 2. The van der Waals surface area contributed by atoms with Crippen molar-refractivity contribution in [1.29, 1.82) is 0 Å². The van der Waals surface area contributed by atoms with Crippen LogP contribution in [0.4, 0.5) is 4.39 Å². The van der Waals surface area contributed by atoms with E-state index in [-0.39, 0.29) is 46.8 Å². The SMILES string of the molecule is CN1CC[C@@H](c2c(O)cc(O)c3c(=O)cc(-c4ccc(F)cc4Br)oc23)[C@@H]1CO. The minimum absolute atomic E-state index is 0.0361. The molecule has 1 aromatic heterocycles. The second kappa shape index (κ2) is 7.44. The molecule has 4 rings (SSSR count). The van der Waals surface area contributed by atoms with Gasteiger partial charge >= 0.3 is 0 Å². The van der Waals surface area contributed by atoms with Crippen LogP contribution in [0.25, 0.3) is 22.3 Å². The van der Waals surface area contributed by atoms with Gasteiger partial charge in [-0.1, -0.05) is 0 Å². The molecule has 0 bridgehead atoms. The number of nitrogens with zero attached hydrogens (tertiary/aromatic N) is 1. The highest BCUT2D eigenvalue weighted by Gasteiger charge is 2.36. The zero-order valence-electron chi connectivity index (χ0n) is 15.5. The molecular formula is C21H19BrFNO5. The molecule has 8 heteroatoms. The lowest BCUT2D eigenvalue weighted by Crippen LogP contribution is -2.32. The van der Waals surface area contributed by atoms with Gasteiger partial charge in [0.25, 0.3) is 0 Å². The summed E-state index contributed by atoms with van der Waals surface area (Å²) >= 11 is 3.27. The van der Waals surface area contributed by atoms with Gasteiger partial charge in [0.2, 0.25) is 0 Å². The molecule has 3 N–H and O–H groups in total. The van der Waals surface area contributed by atoms with E-state index in [0.717, 1.165) is 6.07 Å². The highest BCUT2D eigenvalue weighted by molar-refractivity contribution is 9.10. The van der Waals surface area contributed by atoms with Gasteiger partial charge in [-0.3, -0.25) is 4.79 Å². The number of likely N-dealkylation sites (tertiary alicyclic amines) is 1. The Kier molecular flexibility index (Phi) is 5.10. The van der Waals surface area contributed by atoms with Crippen molar-refractivity contribution in [3.8, 4) is 22.8 Å². The number of aromatic hydroxyl groups is 2. The summed E-state index contributed by atoms with van der Waals surface area (Å²) in [5.74, 6) is -1.14. The van der Waals surface area contributed by atoms with Crippen LogP contribution >= 0.6 is 15.9 Å². The van der Waals surface area contributed by atoms with Crippen LogP contribution in [0, 0.1) is 5.82 Å². The lowest BCUT2D eigenvalue weighted by atomic mass is 9.89. The molecule has 2 heterocycles. The standard InChI is InChI=1S/C21H19BrFNO5/c1-24-5-4-12(14(24)9-25)19-15(26)7-16(27)20-17(28)8-18(29-21(19)20)11-3-2-10(23)6-13(11)22/h2-3,6-8,12,14,25-27H,4-5,9H2,1H3/t12-,14+/m1/s1. The smallest absolute Gasteiger partial charge is 0.197 e. The number of aliphatic hydroxyl groups excluding tert-OH is 1. The molecule has 0 spiro atoms. The third-order valence-corrected chi connectivity index (χ3v) is 6.23. The van der Waals surface area contributed by atoms with E-state index < -0.39 is 11.2 Å². The molecule has 29 heavy (non-hydrogen) atoms. The molecule has 3 aromatic rings. The van der Waals surface area contributed by atoms with Gasteiger partial charge in [-0.05, 0) is 54.1 Å². The number of fused-ring (bicyclic) bond motifs is 1. The fourth-order valence-corrected chi connectivity index (χ4v) is 4.66. The van der Waals surface area contributed by atoms with E-state index in [1.807, 2.05) is 11.9 Å². The van der Waals surface area contributed by atoms with Crippen molar-refractivity contribution in [3.63, 3.8) is 0 Å². The summed E-state index contributed by atoms with van der Waals surface area (Å²) in [5.41, 5.74) is 0.419. The normalized spacial score (nSPS) is 19.9. The fourth-order valence-electron chi connectivity index (χ4n) is 4.11. The Labute approximate surface area is 173 Å². The van der Waals surface area contributed by atoms with Crippen LogP contribution in [0.2, 0.25) is 0 Å². The number of likely N-dealkylation sites (N-methyl/N-ethyl adjacent to an activating group) is 1. The Morgan fingerprint density at radius 3 is 2.69 bits per heavy atom. The van der Waals surface area contributed by atoms with Crippen molar-refractivity contribution >= 4 is 26.9 Å². The molecule has 0 aliphatic carbocycles. The van der Waals surface area contributed by atoms with Gasteiger partial charge in [0.05, 0.1) is 6.61 Å². The third kappa shape index (κ3) is 3.31. The molecule has 0 amide bonds. The first-order valence-corrected chi connectivity index (χ1v) is 9.90. The zero-order valence-corrected chi connectivity index (χ0v) is 17.1. The Balaban J connectivity index is 2.01. The van der Waals surface area contributed by atoms with E-state index in [2.05, 4.69) is 15.9 Å². The maximum Gasteiger partial charge on any atom is 0.197 e. The van der Waals surface area contributed by atoms with Crippen LogP contribution in [0.3, 0.4) is 0 Å². The average Bonchev–Trinajstić information content (AvgIpc) is 3.01. The summed E-state index contributed by atoms with van der Waals surface area (Å²) in [5, 5.41) is 30.7. The van der Waals surface area contributed by atoms with Crippen LogP contribution in [0.15, 0.2) is 44.0 Å². The number of benzene rings is 2. The average molecular weight is 464 g/mol. The lowest BCUT2D eigenvalue weighted by molar-refractivity contribution is 0.172. The van der Waals surface area contributed by atoms with E-state index in [1.165, 1.54) is 24.3 Å². The first-order chi connectivity index (χ1) is 13.8. The minimum atomic E-state index is -0.483. The fraction of sp³-hybridized carbons (Fsp3) is 0.286. The highest BCUT2D eigenvalue weighted by Crippen LogP contribution is 2.44. The van der Waals surface area contributed by atoms with Crippen molar-refractivity contribution in [2.45, 2.75) is 18.4 Å². The quantitative estimate of drug-likeness (QED) is 0.549. The second-order valence-electron chi connectivity index (χ2n) is 7.26. The van der Waals surface area contributed by atoms with Crippen molar-refractivity contribution in [2.75, 3.05) is 20.2 Å². The molecule has 1 aliphatic rings. The van der Waals surface area contributed by atoms with E-state index in [1.54, 1.807) is 0 Å². The van der Waals surface area contributed by atoms with E-state index in [0.29, 0.717) is 28.6 Å². The topological polar surface area (TPSA) is 94.1 Å². The second-order valence-corrected chi connectivity index (χ2v) is 8.11. The maximum absolute atomic E-state index is 13.5. The first-order valence-electron chi connectivity index (χ1n) is 9.11. The largest absolute Gasteiger partial charge is 0.507 e. The van der Waals surface area contributed by atoms with Crippen molar-refractivity contribution in [2.24, 2.45) is 0 Å². The molecule has 0 radical (unpaired) electrons. The lowest BCUT2D eigenvalue weighted by Gasteiger charge is -2.24. The predicted molar refractivity (Wildman–Crippen MR) is 110 cm³/mol. The Bertz CT molecular complexity index is 1160. The van der Waals surface area contributed by atoms with Crippen LogP contribution in [-0.4, -0.2) is 46.5 Å². The Morgan fingerprint density at radius 2 is 2.00 bits per heavy atom. The van der Waals surface area contributed by atoms with Crippen LogP contribution in [0.5, 0.6) is 11.5 Å². The minimum Gasteiger partial charge on any atom is -0.507 e. The van der Waals surface area contributed by atoms with Gasteiger partial charge in [-0.15, -0.1) is 0 Å². The highest BCUT2D eigenvalue weighted by atomic mass is 79.9. The molecule has 1 fully saturated rings. The van der Waals surface area contributed by atoms with Gasteiger partial charge in [0.15, 0.2) is 5.43 Å². The summed E-state index contributed by atoms with van der Waals surface area (Å²) in [7, 11) is 1.87. The molecule has 0 saturated carbocycles. The Hall–Kier alpha value is -2.42. The van der Waals surface area contributed by atoms with Crippen molar-refractivity contribution in [1.82, 2.24) is 4.90 Å². The van der Waals surface area contributed by atoms with Crippen molar-refractivity contribution in [3.05, 3.63) is 56.4 Å². The monoisotopic (exact) mass is 463 g/mol. The molecule has 0 unspecified atom stereocenters. The van der Waals surface area contributed by atoms with Gasteiger partial charge in [0, 0.05) is 39.7 Å². The summed E-state index contributed by atoms with van der Waals surface area (Å²) < 4.78 is 19.9. The summed E-state index contributed by atoms with van der Waals surface area (Å²) in [6.45, 7) is 0.571. The predicted octanol–water partition coefficient (Wildman–Crippen LogP) is 3.55. The molecule has 2 atom stereocenters. The maximum atomic E-state index is 13.5. The van der Waals surface area contributed by atoms with Gasteiger partial charge in [0.1, 0.15) is 34.0 Å². The molecule has 1 saturated heterocycles. The van der Waals surface area contributed by atoms with Crippen LogP contribution < -0.4 is 5.43 Å². The summed E-state index contributed by atoms with van der Waals surface area (Å²) in [6, 6.07) is 6.08. The van der Waals surface area contributed by atoms with Crippen LogP contribution in [0.1, 0.15) is 17.9 Å². The van der Waals surface area contributed by atoms with E-state index in [9.17, 15) is 24.5 Å². The zero-order chi connectivity index (χ0) is 20.9. The Morgan fingerprint density at radius 1 is 1.24 bits per heavy atom.